The molecule has 0 radical (unpaired) electrons. The Kier molecular flexibility index (Phi) is 3.34. The van der Waals surface area contributed by atoms with Gasteiger partial charge in [-0.1, -0.05) is 23.8 Å². The van der Waals surface area contributed by atoms with Crippen molar-refractivity contribution in [2.75, 3.05) is 0 Å². The molecule has 2 N–H and O–H groups in total. The quantitative estimate of drug-likeness (QED) is 0.859. The number of aryl methyl sites for hydroxylation is 2. The lowest BCUT2D eigenvalue weighted by atomic mass is 10.1. The highest BCUT2D eigenvalue weighted by Gasteiger charge is 2.07. The summed E-state index contributed by atoms with van der Waals surface area (Å²) in [5.41, 5.74) is 11.1. The van der Waals surface area contributed by atoms with Gasteiger partial charge in [-0.05, 0) is 44.0 Å². The summed E-state index contributed by atoms with van der Waals surface area (Å²) in [5, 5.41) is 0. The van der Waals surface area contributed by atoms with E-state index in [-0.39, 0.29) is 6.04 Å². The molecule has 2 aromatic rings. The second-order valence-corrected chi connectivity index (χ2v) is 4.78. The summed E-state index contributed by atoms with van der Waals surface area (Å²) in [7, 11) is 0. The first kappa shape index (κ1) is 11.9. The molecule has 1 unspecified atom stereocenters. The number of rotatable bonds is 3. The van der Waals surface area contributed by atoms with Crippen LogP contribution in [0.25, 0.3) is 0 Å². The average molecular weight is 228 g/mol. The lowest BCUT2D eigenvalue weighted by Crippen LogP contribution is -2.12. The molecule has 1 atom stereocenters. The van der Waals surface area contributed by atoms with Crippen LogP contribution in [0.5, 0.6) is 0 Å². The number of benzene rings is 1. The fourth-order valence-electron chi connectivity index (χ4n) is 2.14. The Hall–Kier alpha value is -1.54. The molecule has 17 heavy (non-hydrogen) atoms. The summed E-state index contributed by atoms with van der Waals surface area (Å²) in [6, 6.07) is 10.8. The first-order valence-corrected chi connectivity index (χ1v) is 6.04. The van der Waals surface area contributed by atoms with Gasteiger partial charge in [0, 0.05) is 24.5 Å². The fraction of sp³-hybridized carbons (Fsp3) is 0.333. The van der Waals surface area contributed by atoms with E-state index >= 15 is 0 Å². The molecule has 0 spiro atoms. The summed E-state index contributed by atoms with van der Waals surface area (Å²) in [6.07, 6.45) is 2.10. The number of hydrogen-bond donors (Lipinski definition) is 1. The SMILES string of the molecule is Cc1ccc(C)c(Cn2cccc2C(C)N)c1. The molecule has 0 fully saturated rings. The minimum absolute atomic E-state index is 0.0788. The Morgan fingerprint density at radius 1 is 1.24 bits per heavy atom. The van der Waals surface area contributed by atoms with E-state index in [2.05, 4.69) is 54.9 Å². The molecule has 1 aromatic heterocycles. The second kappa shape index (κ2) is 4.76. The average Bonchev–Trinajstić information content (AvgIpc) is 2.71. The van der Waals surface area contributed by atoms with Gasteiger partial charge < -0.3 is 10.3 Å². The van der Waals surface area contributed by atoms with Crippen LogP contribution in [0.15, 0.2) is 36.5 Å². The molecule has 2 heteroatoms. The van der Waals surface area contributed by atoms with E-state index in [1.54, 1.807) is 0 Å². The molecule has 0 aliphatic carbocycles. The van der Waals surface area contributed by atoms with E-state index < -0.39 is 0 Å². The third kappa shape index (κ3) is 2.59. The molecule has 2 rings (SSSR count). The van der Waals surface area contributed by atoms with Crippen molar-refractivity contribution in [2.24, 2.45) is 5.73 Å². The highest BCUT2D eigenvalue weighted by Crippen LogP contribution is 2.16. The Morgan fingerprint density at radius 2 is 2.00 bits per heavy atom. The highest BCUT2D eigenvalue weighted by atomic mass is 15.0. The van der Waals surface area contributed by atoms with E-state index in [1.165, 1.54) is 22.4 Å². The molecule has 1 aromatic carbocycles. The van der Waals surface area contributed by atoms with Crippen LogP contribution in [0.3, 0.4) is 0 Å². The molecule has 1 heterocycles. The minimum atomic E-state index is 0.0788. The Morgan fingerprint density at radius 3 is 2.71 bits per heavy atom. The normalized spacial score (nSPS) is 12.7. The lowest BCUT2D eigenvalue weighted by Gasteiger charge is -2.14. The van der Waals surface area contributed by atoms with E-state index in [1.807, 2.05) is 6.92 Å². The van der Waals surface area contributed by atoms with E-state index in [0.717, 1.165) is 6.54 Å². The van der Waals surface area contributed by atoms with Crippen molar-refractivity contribution in [3.05, 3.63) is 58.9 Å². The summed E-state index contributed by atoms with van der Waals surface area (Å²) < 4.78 is 2.23. The van der Waals surface area contributed by atoms with Gasteiger partial charge in [0.25, 0.3) is 0 Å². The molecule has 2 nitrogen and oxygen atoms in total. The number of aromatic nitrogens is 1. The van der Waals surface area contributed by atoms with Crippen LogP contribution < -0.4 is 5.73 Å². The first-order chi connectivity index (χ1) is 8.08. The van der Waals surface area contributed by atoms with Crippen molar-refractivity contribution in [2.45, 2.75) is 33.4 Å². The zero-order valence-corrected chi connectivity index (χ0v) is 10.8. The Balaban J connectivity index is 2.31. The zero-order valence-electron chi connectivity index (χ0n) is 10.8. The number of hydrogen-bond acceptors (Lipinski definition) is 1. The van der Waals surface area contributed by atoms with Gasteiger partial charge in [-0.2, -0.15) is 0 Å². The van der Waals surface area contributed by atoms with Gasteiger partial charge in [-0.15, -0.1) is 0 Å². The Labute approximate surface area is 103 Å². The second-order valence-electron chi connectivity index (χ2n) is 4.78. The van der Waals surface area contributed by atoms with Crippen LogP contribution in [0.1, 0.15) is 35.3 Å². The van der Waals surface area contributed by atoms with Crippen LogP contribution in [0, 0.1) is 13.8 Å². The lowest BCUT2D eigenvalue weighted by molar-refractivity contribution is 0.673. The van der Waals surface area contributed by atoms with Crippen molar-refractivity contribution in [3.8, 4) is 0 Å². The largest absolute Gasteiger partial charge is 0.346 e. The number of nitrogens with zero attached hydrogens (tertiary/aromatic N) is 1. The van der Waals surface area contributed by atoms with E-state index in [0.29, 0.717) is 0 Å². The predicted molar refractivity (Wildman–Crippen MR) is 72.1 cm³/mol. The maximum absolute atomic E-state index is 5.96. The third-order valence-electron chi connectivity index (χ3n) is 3.18. The van der Waals surface area contributed by atoms with Crippen LogP contribution >= 0.6 is 0 Å². The van der Waals surface area contributed by atoms with Crippen molar-refractivity contribution < 1.29 is 0 Å². The molecular weight excluding hydrogens is 208 g/mol. The van der Waals surface area contributed by atoms with Gasteiger partial charge in [0.15, 0.2) is 0 Å². The van der Waals surface area contributed by atoms with E-state index in [4.69, 9.17) is 5.73 Å². The van der Waals surface area contributed by atoms with Crippen LogP contribution in [-0.4, -0.2) is 4.57 Å². The van der Waals surface area contributed by atoms with Crippen molar-refractivity contribution in [1.29, 1.82) is 0 Å². The van der Waals surface area contributed by atoms with Crippen molar-refractivity contribution in [3.63, 3.8) is 0 Å². The molecule has 0 saturated heterocycles. The minimum Gasteiger partial charge on any atom is -0.346 e. The number of nitrogens with two attached hydrogens (primary N) is 1. The standard InChI is InChI=1S/C15H20N2/c1-11-6-7-12(2)14(9-11)10-17-8-4-5-15(17)13(3)16/h4-9,13H,10,16H2,1-3H3. The van der Waals surface area contributed by atoms with Crippen LogP contribution in [-0.2, 0) is 6.54 Å². The van der Waals surface area contributed by atoms with Crippen LogP contribution in [0.4, 0.5) is 0 Å². The van der Waals surface area contributed by atoms with Gasteiger partial charge in [0.2, 0.25) is 0 Å². The smallest absolute Gasteiger partial charge is 0.0476 e. The molecule has 0 bridgehead atoms. The predicted octanol–water partition coefficient (Wildman–Crippen LogP) is 3.17. The van der Waals surface area contributed by atoms with Gasteiger partial charge in [-0.3, -0.25) is 0 Å². The monoisotopic (exact) mass is 228 g/mol. The van der Waals surface area contributed by atoms with Gasteiger partial charge in [-0.25, -0.2) is 0 Å². The van der Waals surface area contributed by atoms with Gasteiger partial charge in [0.1, 0.15) is 0 Å². The summed E-state index contributed by atoms with van der Waals surface area (Å²) >= 11 is 0. The molecule has 90 valence electrons. The zero-order chi connectivity index (χ0) is 12.4. The highest BCUT2D eigenvalue weighted by molar-refractivity contribution is 5.31. The van der Waals surface area contributed by atoms with Crippen LogP contribution in [0.2, 0.25) is 0 Å². The molecule has 0 aliphatic heterocycles. The molecule has 0 saturated carbocycles. The summed E-state index contributed by atoms with van der Waals surface area (Å²) in [6.45, 7) is 7.21. The molecular formula is C15H20N2. The molecule has 0 aliphatic rings. The topological polar surface area (TPSA) is 30.9 Å². The maximum atomic E-state index is 5.96. The maximum Gasteiger partial charge on any atom is 0.0476 e. The third-order valence-corrected chi connectivity index (χ3v) is 3.18. The van der Waals surface area contributed by atoms with Gasteiger partial charge in [0.05, 0.1) is 0 Å². The van der Waals surface area contributed by atoms with E-state index in [9.17, 15) is 0 Å². The Bertz CT molecular complexity index is 509. The van der Waals surface area contributed by atoms with Gasteiger partial charge >= 0.3 is 0 Å². The molecule has 0 amide bonds. The van der Waals surface area contributed by atoms with Crippen molar-refractivity contribution in [1.82, 2.24) is 4.57 Å². The fourth-order valence-corrected chi connectivity index (χ4v) is 2.14. The van der Waals surface area contributed by atoms with Crippen molar-refractivity contribution >= 4 is 0 Å². The summed E-state index contributed by atoms with van der Waals surface area (Å²) in [4.78, 5) is 0. The summed E-state index contributed by atoms with van der Waals surface area (Å²) in [5.74, 6) is 0. The first-order valence-electron chi connectivity index (χ1n) is 6.04.